The summed E-state index contributed by atoms with van der Waals surface area (Å²) in [7, 11) is -8.06. The van der Waals surface area contributed by atoms with Gasteiger partial charge in [0.2, 0.25) is 16.0 Å². The van der Waals surface area contributed by atoms with Gasteiger partial charge < -0.3 is 20.7 Å². The fourth-order valence-electron chi connectivity index (χ4n) is 4.11. The second-order valence-electron chi connectivity index (χ2n) is 13.2. The summed E-state index contributed by atoms with van der Waals surface area (Å²) >= 11 is 0.991. The van der Waals surface area contributed by atoms with Crippen LogP contribution in [0, 0.1) is 10.8 Å². The van der Waals surface area contributed by atoms with Gasteiger partial charge in [-0.15, -0.1) is 4.83 Å². The summed E-state index contributed by atoms with van der Waals surface area (Å²) < 4.78 is 60.4. The average molecular weight is 726 g/mol. The number of ether oxygens (including phenoxy) is 1. The van der Waals surface area contributed by atoms with Crippen molar-refractivity contribution in [3.8, 4) is 0 Å². The molecular weight excluding hydrogens is 681 g/mol. The molecule has 0 bridgehead atoms. The summed E-state index contributed by atoms with van der Waals surface area (Å²) in [4.78, 5) is 39.0. The Balaban J connectivity index is 1.78. The van der Waals surface area contributed by atoms with Crippen molar-refractivity contribution >= 4 is 63.4 Å². The number of carbonyl (C=O) groups is 2. The van der Waals surface area contributed by atoms with E-state index in [1.54, 1.807) is 41.5 Å². The largest absolute Gasteiger partial charge is 0.474 e. The normalized spacial score (nSPS) is 23.6. The van der Waals surface area contributed by atoms with Crippen molar-refractivity contribution in [3.63, 3.8) is 0 Å². The molecule has 0 radical (unpaired) electrons. The number of nitrogen functional groups attached to an aromatic ring is 1. The Bertz CT molecular complexity index is 1610. The van der Waals surface area contributed by atoms with E-state index in [9.17, 15) is 32.8 Å². The van der Waals surface area contributed by atoms with E-state index in [-0.39, 0.29) is 59.2 Å². The highest BCUT2D eigenvalue weighted by Gasteiger charge is 2.54. The Morgan fingerprint density at radius 1 is 1.15 bits per heavy atom. The summed E-state index contributed by atoms with van der Waals surface area (Å²) in [6.45, 7) is 10.7. The number of sulfonamides is 1. The van der Waals surface area contributed by atoms with Gasteiger partial charge in [0.1, 0.15) is 23.6 Å². The number of Topliss-reactive ketones (excluding diaryl/α,β-unsaturated/α-hetero) is 1. The third-order valence-electron chi connectivity index (χ3n) is 6.79. The summed E-state index contributed by atoms with van der Waals surface area (Å²) in [5.74, 6) is -0.358. The molecule has 1 fully saturated rings. The van der Waals surface area contributed by atoms with Crippen molar-refractivity contribution in [1.29, 1.82) is 0 Å². The number of thioether (sulfide) groups is 1. The number of ketones is 1. The van der Waals surface area contributed by atoms with E-state index in [4.69, 9.17) is 24.0 Å². The standard InChI is InChI=1S/C26H44N7O11PS2/c1-24(2,3)16(34)9-10-41-45(38,42-11-12-46-22(36)25(4,5)6)43-13-15-18(35)26(7,37)21(44-15)33-14-28-17-19(31-32-47(8,39)40)29-23(27)30-20(17)33/h14-15,18,21,32,35,37H,9-13H2,1-8H3,(H3,27,29,30,31)/t15-,18-,21-,26-,45?/m1/s1. The number of hydrogen-bond donors (Lipinski definition) is 5. The number of anilines is 2. The first kappa shape index (κ1) is 39.2. The zero-order valence-corrected chi connectivity index (χ0v) is 30.1. The van der Waals surface area contributed by atoms with E-state index in [1.807, 2.05) is 0 Å². The van der Waals surface area contributed by atoms with Crippen LogP contribution in [-0.4, -0.2) is 98.7 Å². The highest BCUT2D eigenvalue weighted by Crippen LogP contribution is 2.51. The van der Waals surface area contributed by atoms with Gasteiger partial charge in [-0.1, -0.05) is 53.3 Å². The summed E-state index contributed by atoms with van der Waals surface area (Å²) in [6.07, 6.45) is -2.17. The molecule has 3 rings (SSSR count). The summed E-state index contributed by atoms with van der Waals surface area (Å²) in [6, 6.07) is 0. The van der Waals surface area contributed by atoms with Gasteiger partial charge >= 0.3 is 7.82 Å². The molecule has 1 aliphatic heterocycles. The second kappa shape index (κ2) is 14.7. The van der Waals surface area contributed by atoms with Crippen molar-refractivity contribution in [2.45, 2.75) is 78.9 Å². The number of rotatable bonds is 15. The Morgan fingerprint density at radius 3 is 2.38 bits per heavy atom. The van der Waals surface area contributed by atoms with Crippen molar-refractivity contribution in [1.82, 2.24) is 24.4 Å². The van der Waals surface area contributed by atoms with E-state index in [2.05, 4.69) is 25.2 Å². The quantitative estimate of drug-likeness (QED) is 0.0995. The molecule has 0 spiro atoms. The molecule has 1 saturated heterocycles. The van der Waals surface area contributed by atoms with Crippen molar-refractivity contribution in [2.24, 2.45) is 10.8 Å². The number of nitrogens with one attached hydrogen (secondary N) is 2. The lowest BCUT2D eigenvalue weighted by molar-refractivity contribution is -0.126. The maximum atomic E-state index is 13.6. The number of carbonyl (C=O) groups excluding carboxylic acids is 2. The van der Waals surface area contributed by atoms with E-state index >= 15 is 0 Å². The van der Waals surface area contributed by atoms with Crippen molar-refractivity contribution in [3.05, 3.63) is 6.33 Å². The van der Waals surface area contributed by atoms with Gasteiger partial charge in [0.05, 0.1) is 32.4 Å². The van der Waals surface area contributed by atoms with Crippen LogP contribution >= 0.6 is 19.6 Å². The maximum Gasteiger partial charge on any atom is 0.474 e. The van der Waals surface area contributed by atoms with Crippen molar-refractivity contribution in [2.75, 3.05) is 43.0 Å². The summed E-state index contributed by atoms with van der Waals surface area (Å²) in [5, 5.41) is 22.2. The predicted octanol–water partition coefficient (Wildman–Crippen LogP) is 1.76. The molecule has 47 heavy (non-hydrogen) atoms. The van der Waals surface area contributed by atoms with Crippen LogP contribution in [0.1, 0.15) is 61.1 Å². The van der Waals surface area contributed by atoms with E-state index in [0.717, 1.165) is 18.0 Å². The minimum Gasteiger partial charge on any atom is -0.387 e. The SMILES string of the molecule is CC(C)(C)C(=O)CCOP(=O)(OCCSC(=O)C(C)(C)C)OC[C@H]1O[C@@H](n2cnc3c(NNS(C)(=O)=O)nc(N)nc32)[C@](C)(O)[C@@H]1O. The number of aliphatic hydroxyl groups excluding tert-OH is 1. The zero-order valence-electron chi connectivity index (χ0n) is 27.5. The molecule has 5 atom stereocenters. The Hall–Kier alpha value is -2.26. The first-order chi connectivity index (χ1) is 21.4. The van der Waals surface area contributed by atoms with E-state index < -0.39 is 59.3 Å². The number of phosphoric acid groups is 1. The molecular formula is C26H44N7O11PS2. The number of phosphoric ester groups is 1. The molecule has 3 heterocycles. The molecule has 18 nitrogen and oxygen atoms in total. The topological polar surface area (TPSA) is 256 Å². The predicted molar refractivity (Wildman–Crippen MR) is 173 cm³/mol. The van der Waals surface area contributed by atoms with Crippen LogP contribution in [0.25, 0.3) is 11.2 Å². The average Bonchev–Trinajstić information content (AvgIpc) is 3.44. The van der Waals surface area contributed by atoms with Gasteiger partial charge in [0.25, 0.3) is 0 Å². The Labute approximate surface area is 277 Å². The van der Waals surface area contributed by atoms with Crippen molar-refractivity contribution < 1.29 is 51.1 Å². The van der Waals surface area contributed by atoms with Gasteiger partial charge in [-0.3, -0.25) is 33.2 Å². The highest BCUT2D eigenvalue weighted by atomic mass is 32.2. The molecule has 2 aromatic rings. The van der Waals surface area contributed by atoms with Gasteiger partial charge in [-0.2, -0.15) is 9.97 Å². The van der Waals surface area contributed by atoms with Gasteiger partial charge in [-0.25, -0.2) is 18.0 Å². The fraction of sp³-hybridized carbons (Fsp3) is 0.731. The zero-order chi connectivity index (χ0) is 35.6. The Kier molecular flexibility index (Phi) is 12.2. The van der Waals surface area contributed by atoms with Crippen LogP contribution in [0.4, 0.5) is 11.8 Å². The smallest absolute Gasteiger partial charge is 0.387 e. The van der Waals surface area contributed by atoms with E-state index in [1.165, 1.54) is 17.8 Å². The molecule has 2 aromatic heterocycles. The van der Waals surface area contributed by atoms with Crippen LogP contribution < -0.4 is 16.0 Å². The number of nitrogens with two attached hydrogens (primary N) is 1. The number of hydrazine groups is 1. The number of hydrogen-bond acceptors (Lipinski definition) is 17. The number of imidazole rings is 1. The summed E-state index contributed by atoms with van der Waals surface area (Å²) in [5.41, 5.74) is 5.06. The van der Waals surface area contributed by atoms with E-state index in [0.29, 0.717) is 0 Å². The molecule has 0 aromatic carbocycles. The molecule has 0 saturated carbocycles. The maximum absolute atomic E-state index is 13.6. The molecule has 21 heteroatoms. The number of nitrogens with zero attached hydrogens (tertiary/aromatic N) is 4. The lowest BCUT2D eigenvalue weighted by Crippen LogP contribution is -2.44. The first-order valence-corrected chi connectivity index (χ1v) is 18.8. The molecule has 0 aliphatic carbocycles. The van der Waals surface area contributed by atoms with Gasteiger partial charge in [0, 0.05) is 23.0 Å². The number of aromatic nitrogens is 4. The first-order valence-electron chi connectivity index (χ1n) is 14.5. The van der Waals surface area contributed by atoms with Crippen LogP contribution in [0.5, 0.6) is 0 Å². The minimum absolute atomic E-state index is 0.0255. The van der Waals surface area contributed by atoms with Gasteiger partial charge in [0.15, 0.2) is 28.3 Å². The Morgan fingerprint density at radius 2 is 1.79 bits per heavy atom. The number of aliphatic hydroxyl groups is 2. The van der Waals surface area contributed by atoms with Gasteiger partial charge in [-0.05, 0) is 6.92 Å². The lowest BCUT2D eigenvalue weighted by Gasteiger charge is -2.27. The molecule has 6 N–H and O–H groups in total. The molecule has 266 valence electrons. The van der Waals surface area contributed by atoms with Crippen LogP contribution in [0.3, 0.4) is 0 Å². The molecule has 1 aliphatic rings. The highest BCUT2D eigenvalue weighted by molar-refractivity contribution is 8.13. The molecule has 1 unspecified atom stereocenters. The fourth-order valence-corrected chi connectivity index (χ4v) is 6.49. The number of fused-ring (bicyclic) bond motifs is 1. The minimum atomic E-state index is -4.37. The van der Waals surface area contributed by atoms with Crippen LogP contribution in [0.2, 0.25) is 0 Å². The molecule has 0 amide bonds. The van der Waals surface area contributed by atoms with Crippen LogP contribution in [-0.2, 0) is 42.5 Å². The third-order valence-corrected chi connectivity index (χ3v) is 9.97. The second-order valence-corrected chi connectivity index (χ2v) is 17.7. The van der Waals surface area contributed by atoms with Crippen LogP contribution in [0.15, 0.2) is 6.33 Å². The monoisotopic (exact) mass is 725 g/mol. The lowest BCUT2D eigenvalue weighted by atomic mass is 9.89. The third kappa shape index (κ3) is 10.4.